The Balaban J connectivity index is 1.49. The number of nitrogens with zero attached hydrogens (tertiary/aromatic N) is 2. The summed E-state index contributed by atoms with van der Waals surface area (Å²) >= 11 is 0. The molecule has 2 aliphatic rings. The molecule has 60 heavy (non-hydrogen) atoms. The van der Waals surface area contributed by atoms with E-state index >= 15 is 26.3 Å². The van der Waals surface area contributed by atoms with Crippen LogP contribution >= 0.6 is 0 Å². The maximum atomic E-state index is 15.3. The van der Waals surface area contributed by atoms with Gasteiger partial charge < -0.3 is 0 Å². The number of alkyl halides is 12. The van der Waals surface area contributed by atoms with Crippen molar-refractivity contribution in [2.24, 2.45) is 0 Å². The summed E-state index contributed by atoms with van der Waals surface area (Å²) in [5, 5.41) is 0. The van der Waals surface area contributed by atoms with Crippen molar-refractivity contribution in [3.63, 3.8) is 0 Å². The van der Waals surface area contributed by atoms with E-state index in [0.717, 1.165) is 11.0 Å². The predicted molar refractivity (Wildman–Crippen MR) is 192 cm³/mol. The molecule has 0 unspecified atom stereocenters. The number of carbonyl (C=O) groups is 4. The second-order valence-electron chi connectivity index (χ2n) is 15.0. The number of imide groups is 2. The Morgan fingerprint density at radius 2 is 0.900 bits per heavy atom. The summed E-state index contributed by atoms with van der Waals surface area (Å²) in [6, 6.07) is 6.31. The number of carbonyl (C=O) groups excluding carboxylic acids is 4. The molecule has 0 saturated heterocycles. The van der Waals surface area contributed by atoms with Gasteiger partial charge in [-0.15, -0.1) is 0 Å². The van der Waals surface area contributed by atoms with E-state index < -0.39 is 127 Å². The zero-order chi connectivity index (χ0) is 44.9. The lowest BCUT2D eigenvalue weighted by molar-refractivity contribution is -0.288. The number of hydrogen-bond donors (Lipinski definition) is 0. The molecule has 0 fully saturated rings. The van der Waals surface area contributed by atoms with Gasteiger partial charge in [0.25, 0.3) is 23.6 Å². The van der Waals surface area contributed by atoms with Gasteiger partial charge in [-0.3, -0.25) is 24.1 Å². The van der Waals surface area contributed by atoms with Crippen molar-refractivity contribution >= 4 is 29.3 Å². The third kappa shape index (κ3) is 6.62. The molecule has 4 aromatic carbocycles. The minimum Gasteiger partial charge on any atom is -0.269 e. The van der Waals surface area contributed by atoms with Crippen LogP contribution in [0.25, 0.3) is 11.1 Å². The first-order chi connectivity index (χ1) is 27.6. The fraction of sp³-hybridized carbons (Fsp3) is 0.333. The fourth-order valence-corrected chi connectivity index (χ4v) is 7.75. The predicted octanol–water partition coefficient (Wildman–Crippen LogP) is 11.9. The van der Waals surface area contributed by atoms with Gasteiger partial charge in [-0.05, 0) is 96.0 Å². The molecule has 0 N–H and O–H groups in total. The lowest BCUT2D eigenvalue weighted by Gasteiger charge is -2.38. The SMILES string of the molecule is CCC(C)(CC)N1C(=O)c2ccc(C(c3ccc4c(c3)C(=O)N(c3ccc(-c5ccc(C(C)C)cc5C(F)(F)F)c(C(F)(F)F)c3)C4=O)(C(F)(F)F)C(F)(F)F)cc2C1=O. The van der Waals surface area contributed by atoms with E-state index in [0.29, 0.717) is 42.5 Å². The van der Waals surface area contributed by atoms with Gasteiger partial charge in [-0.2, -0.15) is 52.7 Å². The van der Waals surface area contributed by atoms with E-state index in [2.05, 4.69) is 0 Å². The lowest BCUT2D eigenvalue weighted by Crippen LogP contribution is -2.55. The first kappa shape index (κ1) is 43.9. The monoisotopic (exact) mass is 856 g/mol. The highest BCUT2D eigenvalue weighted by atomic mass is 19.4. The molecule has 318 valence electrons. The van der Waals surface area contributed by atoms with Gasteiger partial charge in [0.2, 0.25) is 5.41 Å². The molecule has 0 saturated carbocycles. The Kier molecular flexibility index (Phi) is 10.4. The van der Waals surface area contributed by atoms with Crippen molar-refractivity contribution in [1.82, 2.24) is 4.90 Å². The summed E-state index contributed by atoms with van der Waals surface area (Å²) in [7, 11) is 0. The average Bonchev–Trinajstić information content (AvgIpc) is 3.55. The average molecular weight is 857 g/mol. The van der Waals surface area contributed by atoms with Crippen LogP contribution in [0.5, 0.6) is 0 Å². The van der Waals surface area contributed by atoms with E-state index in [1.54, 1.807) is 27.7 Å². The summed E-state index contributed by atoms with van der Waals surface area (Å²) in [5.41, 5.74) is -18.3. The highest BCUT2D eigenvalue weighted by molar-refractivity contribution is 6.34. The van der Waals surface area contributed by atoms with E-state index in [-0.39, 0.29) is 41.5 Å². The second kappa shape index (κ2) is 14.2. The van der Waals surface area contributed by atoms with Crippen molar-refractivity contribution in [1.29, 1.82) is 0 Å². The van der Waals surface area contributed by atoms with Gasteiger partial charge in [-0.1, -0.05) is 58.0 Å². The third-order valence-corrected chi connectivity index (χ3v) is 11.4. The van der Waals surface area contributed by atoms with Gasteiger partial charge >= 0.3 is 24.7 Å². The molecular formula is C42H32F12N2O4. The zero-order valence-corrected chi connectivity index (χ0v) is 32.0. The molecule has 18 heteroatoms. The molecule has 2 aliphatic heterocycles. The van der Waals surface area contributed by atoms with Crippen LogP contribution in [0.1, 0.15) is 123 Å². The van der Waals surface area contributed by atoms with Gasteiger partial charge in [-0.25, -0.2) is 4.90 Å². The van der Waals surface area contributed by atoms with Gasteiger partial charge in [0, 0.05) is 5.54 Å². The van der Waals surface area contributed by atoms with E-state index in [1.165, 1.54) is 13.0 Å². The van der Waals surface area contributed by atoms with Crippen molar-refractivity contribution in [3.05, 3.63) is 123 Å². The Hall–Kier alpha value is -5.68. The molecule has 6 nitrogen and oxygen atoms in total. The number of halogens is 12. The molecule has 2 heterocycles. The zero-order valence-electron chi connectivity index (χ0n) is 32.0. The summed E-state index contributed by atoms with van der Waals surface area (Å²) < 4.78 is 178. The summed E-state index contributed by atoms with van der Waals surface area (Å²) in [6.07, 6.45) is -22.7. The van der Waals surface area contributed by atoms with Crippen molar-refractivity contribution in [2.75, 3.05) is 4.90 Å². The number of hydrogen-bond acceptors (Lipinski definition) is 4. The standard InChI is InChI=1S/C42H32F12N2O4/c1-6-37(5,7-2)56-35(59)28-14-10-23(18-30(28)36(56)60)38(41(49,50)51,42(52,53)54)22-9-13-27-29(17-22)34(58)55(33(27)57)24-11-15-26(32(19-24)40(46,47)48)25-12-8-21(20(3)4)16-31(25)39(43,44)45/h8-20H,6-7H2,1-5H3. The Bertz CT molecular complexity index is 2440. The molecule has 6 rings (SSSR count). The molecule has 4 aromatic rings. The summed E-state index contributed by atoms with van der Waals surface area (Å²) in [4.78, 5) is 54.9. The van der Waals surface area contributed by atoms with Crippen molar-refractivity contribution < 1.29 is 71.9 Å². The highest BCUT2D eigenvalue weighted by Crippen LogP contribution is 2.57. The van der Waals surface area contributed by atoms with E-state index in [9.17, 15) is 45.5 Å². The Morgan fingerprint density at radius 3 is 1.35 bits per heavy atom. The van der Waals surface area contributed by atoms with Crippen LogP contribution in [-0.4, -0.2) is 46.4 Å². The van der Waals surface area contributed by atoms with Gasteiger partial charge in [0.1, 0.15) is 0 Å². The second-order valence-corrected chi connectivity index (χ2v) is 15.0. The van der Waals surface area contributed by atoms with Crippen LogP contribution in [0.4, 0.5) is 58.4 Å². The smallest absolute Gasteiger partial charge is 0.269 e. The minimum absolute atomic E-state index is 0.0512. The summed E-state index contributed by atoms with van der Waals surface area (Å²) in [5.74, 6) is -5.63. The number of fused-ring (bicyclic) bond motifs is 2. The lowest BCUT2D eigenvalue weighted by atomic mass is 9.71. The largest absolute Gasteiger partial charge is 0.417 e. The molecule has 0 spiro atoms. The van der Waals surface area contributed by atoms with Crippen LogP contribution in [-0.2, 0) is 17.8 Å². The maximum absolute atomic E-state index is 15.3. The molecule has 0 bridgehead atoms. The molecule has 0 atom stereocenters. The van der Waals surface area contributed by atoms with Crippen LogP contribution in [0.15, 0.2) is 72.8 Å². The first-order valence-electron chi connectivity index (χ1n) is 18.2. The van der Waals surface area contributed by atoms with Crippen LogP contribution in [0.2, 0.25) is 0 Å². The minimum atomic E-state index is -6.29. The molecule has 4 amide bonds. The topological polar surface area (TPSA) is 74.8 Å². The highest BCUT2D eigenvalue weighted by Gasteiger charge is 2.73. The molecule has 0 aromatic heterocycles. The normalized spacial score (nSPS) is 15.4. The Labute approximate surface area is 333 Å². The quantitative estimate of drug-likeness (QED) is 0.131. The molecule has 0 aliphatic carbocycles. The molecular weight excluding hydrogens is 824 g/mol. The maximum Gasteiger partial charge on any atom is 0.417 e. The van der Waals surface area contributed by atoms with Crippen LogP contribution in [0, 0.1) is 0 Å². The fourth-order valence-electron chi connectivity index (χ4n) is 7.75. The van der Waals surface area contributed by atoms with Gasteiger partial charge in [0.15, 0.2) is 0 Å². The van der Waals surface area contributed by atoms with Crippen LogP contribution < -0.4 is 4.90 Å². The van der Waals surface area contributed by atoms with Crippen molar-refractivity contribution in [3.8, 4) is 11.1 Å². The first-order valence-corrected chi connectivity index (χ1v) is 18.2. The number of rotatable bonds is 8. The number of amides is 4. The van der Waals surface area contributed by atoms with Gasteiger partial charge in [0.05, 0.1) is 39.1 Å². The number of anilines is 1. The van der Waals surface area contributed by atoms with Crippen molar-refractivity contribution in [2.45, 2.75) is 89.0 Å². The number of benzene rings is 4. The van der Waals surface area contributed by atoms with E-state index in [4.69, 9.17) is 0 Å². The summed E-state index contributed by atoms with van der Waals surface area (Å²) in [6.45, 7) is 7.89. The van der Waals surface area contributed by atoms with E-state index in [1.807, 2.05) is 0 Å². The Morgan fingerprint density at radius 1 is 0.500 bits per heavy atom. The third-order valence-electron chi connectivity index (χ3n) is 11.4. The molecule has 0 radical (unpaired) electrons. The van der Waals surface area contributed by atoms with Crippen LogP contribution in [0.3, 0.4) is 0 Å².